The van der Waals surface area contributed by atoms with E-state index in [-0.39, 0.29) is 28.6 Å². The second-order valence-corrected chi connectivity index (χ2v) is 5.46. The Morgan fingerprint density at radius 3 is 2.58 bits per heavy atom. The molecule has 0 aromatic heterocycles. The fourth-order valence-corrected chi connectivity index (χ4v) is 1.99. The summed E-state index contributed by atoms with van der Waals surface area (Å²) in [5, 5.41) is 16.7. The zero-order valence-electron chi connectivity index (χ0n) is 11.2. The lowest BCUT2D eigenvalue weighted by Gasteiger charge is -2.09. The second-order valence-electron chi connectivity index (χ2n) is 5.46. The highest BCUT2D eigenvalue weighted by molar-refractivity contribution is 5.95. The molecule has 0 saturated heterocycles. The minimum Gasteiger partial charge on any atom is -0.376 e. The third-order valence-corrected chi connectivity index (χ3v) is 3.53. The van der Waals surface area contributed by atoms with Crippen molar-refractivity contribution in [3.05, 3.63) is 33.9 Å². The van der Waals surface area contributed by atoms with Crippen LogP contribution >= 0.6 is 0 Å². The van der Waals surface area contributed by atoms with Gasteiger partial charge in [-0.1, -0.05) is 13.8 Å². The summed E-state index contributed by atoms with van der Waals surface area (Å²) in [6.45, 7) is 4.21. The van der Waals surface area contributed by atoms with Crippen LogP contribution in [0, 0.1) is 15.5 Å². The fraction of sp³-hybridized carbons (Fsp3) is 0.462. The van der Waals surface area contributed by atoms with Crippen LogP contribution in [-0.4, -0.2) is 23.9 Å². The third kappa shape index (κ3) is 2.67. The van der Waals surface area contributed by atoms with Crippen molar-refractivity contribution >= 4 is 17.3 Å². The van der Waals surface area contributed by atoms with Crippen LogP contribution < -0.4 is 10.6 Å². The van der Waals surface area contributed by atoms with E-state index in [1.165, 1.54) is 13.1 Å². The van der Waals surface area contributed by atoms with Gasteiger partial charge in [-0.2, -0.15) is 0 Å². The van der Waals surface area contributed by atoms with Crippen LogP contribution in [-0.2, 0) is 0 Å². The van der Waals surface area contributed by atoms with Crippen LogP contribution in [0.3, 0.4) is 0 Å². The van der Waals surface area contributed by atoms with Gasteiger partial charge in [0.25, 0.3) is 11.6 Å². The Bertz CT molecular complexity index is 540. The van der Waals surface area contributed by atoms with Crippen molar-refractivity contribution in [3.63, 3.8) is 0 Å². The molecule has 1 aromatic carbocycles. The Morgan fingerprint density at radius 2 is 2.11 bits per heavy atom. The molecule has 1 atom stereocenters. The molecule has 2 rings (SSSR count). The van der Waals surface area contributed by atoms with Crippen LogP contribution in [0.4, 0.5) is 11.4 Å². The van der Waals surface area contributed by atoms with Crippen molar-refractivity contribution in [3.8, 4) is 0 Å². The molecule has 6 nitrogen and oxygen atoms in total. The molecule has 0 heterocycles. The molecule has 0 bridgehead atoms. The summed E-state index contributed by atoms with van der Waals surface area (Å²) >= 11 is 0. The number of anilines is 1. The normalized spacial score (nSPS) is 19.6. The van der Waals surface area contributed by atoms with Gasteiger partial charge >= 0.3 is 0 Å². The molecule has 1 saturated carbocycles. The number of nitro groups is 1. The molecule has 1 unspecified atom stereocenters. The average molecular weight is 263 g/mol. The van der Waals surface area contributed by atoms with Crippen LogP contribution in [0.15, 0.2) is 18.2 Å². The van der Waals surface area contributed by atoms with Gasteiger partial charge in [0.15, 0.2) is 0 Å². The van der Waals surface area contributed by atoms with E-state index in [9.17, 15) is 14.9 Å². The Labute approximate surface area is 111 Å². The predicted molar refractivity (Wildman–Crippen MR) is 72.3 cm³/mol. The summed E-state index contributed by atoms with van der Waals surface area (Å²) in [6, 6.07) is 4.73. The maximum absolute atomic E-state index is 11.5. The van der Waals surface area contributed by atoms with E-state index in [0.717, 1.165) is 6.42 Å². The quantitative estimate of drug-likeness (QED) is 0.644. The first-order valence-electron chi connectivity index (χ1n) is 6.12. The molecule has 0 spiro atoms. The van der Waals surface area contributed by atoms with Gasteiger partial charge in [0, 0.05) is 24.7 Å². The molecular formula is C13H17N3O3. The first-order valence-corrected chi connectivity index (χ1v) is 6.12. The number of hydrogen-bond donors (Lipinski definition) is 2. The van der Waals surface area contributed by atoms with Crippen LogP contribution in [0.5, 0.6) is 0 Å². The Hall–Kier alpha value is -2.11. The van der Waals surface area contributed by atoms with E-state index in [4.69, 9.17) is 0 Å². The number of amides is 1. The summed E-state index contributed by atoms with van der Waals surface area (Å²) in [7, 11) is 1.49. The lowest BCUT2D eigenvalue weighted by atomic mass is 10.1. The van der Waals surface area contributed by atoms with E-state index >= 15 is 0 Å². The van der Waals surface area contributed by atoms with Gasteiger partial charge in [-0.15, -0.1) is 0 Å². The van der Waals surface area contributed by atoms with Gasteiger partial charge in [-0.3, -0.25) is 14.9 Å². The maximum atomic E-state index is 11.5. The van der Waals surface area contributed by atoms with Crippen molar-refractivity contribution in [1.29, 1.82) is 0 Å². The minimum atomic E-state index is -0.468. The smallest absolute Gasteiger partial charge is 0.293 e. The SMILES string of the molecule is CNC(=O)c1ccc(NC2CC2(C)C)c([N+](=O)[O-])c1. The van der Waals surface area contributed by atoms with Crippen molar-refractivity contribution in [2.24, 2.45) is 5.41 Å². The topological polar surface area (TPSA) is 84.3 Å². The number of hydrogen-bond acceptors (Lipinski definition) is 4. The number of benzene rings is 1. The fourth-order valence-electron chi connectivity index (χ4n) is 1.99. The molecule has 2 N–H and O–H groups in total. The van der Waals surface area contributed by atoms with Crippen molar-refractivity contribution in [1.82, 2.24) is 5.32 Å². The number of nitrogens with one attached hydrogen (secondary N) is 2. The number of carbonyl (C=O) groups is 1. The van der Waals surface area contributed by atoms with E-state index in [1.54, 1.807) is 12.1 Å². The second kappa shape index (κ2) is 4.53. The molecule has 19 heavy (non-hydrogen) atoms. The molecule has 1 aliphatic rings. The maximum Gasteiger partial charge on any atom is 0.293 e. The number of carbonyl (C=O) groups excluding carboxylic acids is 1. The van der Waals surface area contributed by atoms with Crippen molar-refractivity contribution in [2.75, 3.05) is 12.4 Å². The van der Waals surface area contributed by atoms with E-state index in [1.807, 2.05) is 0 Å². The number of rotatable bonds is 4. The Morgan fingerprint density at radius 1 is 1.47 bits per heavy atom. The Kier molecular flexibility index (Phi) is 3.18. The zero-order valence-corrected chi connectivity index (χ0v) is 11.2. The van der Waals surface area contributed by atoms with Crippen LogP contribution in [0.25, 0.3) is 0 Å². The molecule has 6 heteroatoms. The molecule has 0 aliphatic heterocycles. The third-order valence-electron chi connectivity index (χ3n) is 3.53. The summed E-state index contributed by atoms with van der Waals surface area (Å²) in [4.78, 5) is 22.1. The summed E-state index contributed by atoms with van der Waals surface area (Å²) in [5.74, 6) is -0.332. The predicted octanol–water partition coefficient (Wildman–Crippen LogP) is 2.16. The molecule has 1 fully saturated rings. The Balaban J connectivity index is 2.28. The molecule has 1 amide bonds. The summed E-state index contributed by atoms with van der Waals surface area (Å²) < 4.78 is 0. The summed E-state index contributed by atoms with van der Waals surface area (Å²) in [6.07, 6.45) is 0.987. The first-order chi connectivity index (χ1) is 8.85. The van der Waals surface area contributed by atoms with Gasteiger partial charge in [0.1, 0.15) is 5.69 Å². The van der Waals surface area contributed by atoms with E-state index in [0.29, 0.717) is 5.69 Å². The molecule has 1 aliphatic carbocycles. The lowest BCUT2D eigenvalue weighted by Crippen LogP contribution is -2.18. The minimum absolute atomic E-state index is 0.0659. The average Bonchev–Trinajstić information content (AvgIpc) is 2.95. The molecule has 1 aromatic rings. The van der Waals surface area contributed by atoms with E-state index < -0.39 is 4.92 Å². The molecular weight excluding hydrogens is 246 g/mol. The number of nitro benzene ring substituents is 1. The van der Waals surface area contributed by atoms with E-state index in [2.05, 4.69) is 24.5 Å². The van der Waals surface area contributed by atoms with Crippen molar-refractivity contribution in [2.45, 2.75) is 26.3 Å². The largest absolute Gasteiger partial charge is 0.376 e. The van der Waals surface area contributed by atoms with Crippen molar-refractivity contribution < 1.29 is 9.72 Å². The molecule has 102 valence electrons. The van der Waals surface area contributed by atoms with Gasteiger partial charge in [-0.05, 0) is 24.0 Å². The highest BCUT2D eigenvalue weighted by atomic mass is 16.6. The standard InChI is InChI=1S/C13H17N3O3/c1-13(2)7-11(13)15-9-5-4-8(12(17)14-3)6-10(9)16(18)19/h4-6,11,15H,7H2,1-3H3,(H,14,17). The zero-order chi connectivity index (χ0) is 14.2. The van der Waals surface area contributed by atoms with Crippen LogP contribution in [0.1, 0.15) is 30.6 Å². The van der Waals surface area contributed by atoms with Gasteiger partial charge in [-0.25, -0.2) is 0 Å². The monoisotopic (exact) mass is 263 g/mol. The number of nitrogens with zero attached hydrogens (tertiary/aromatic N) is 1. The molecule has 0 radical (unpaired) electrons. The lowest BCUT2D eigenvalue weighted by molar-refractivity contribution is -0.384. The van der Waals surface area contributed by atoms with Gasteiger partial charge < -0.3 is 10.6 Å². The highest BCUT2D eigenvalue weighted by Crippen LogP contribution is 2.47. The summed E-state index contributed by atoms with van der Waals surface area (Å²) in [5.41, 5.74) is 0.861. The highest BCUT2D eigenvalue weighted by Gasteiger charge is 2.46. The van der Waals surface area contributed by atoms with Gasteiger partial charge in [0.05, 0.1) is 4.92 Å². The van der Waals surface area contributed by atoms with Crippen LogP contribution in [0.2, 0.25) is 0 Å². The van der Waals surface area contributed by atoms with Gasteiger partial charge in [0.2, 0.25) is 0 Å². The first kappa shape index (κ1) is 13.3.